The molecule has 29 heavy (non-hydrogen) atoms. The summed E-state index contributed by atoms with van der Waals surface area (Å²) in [5.74, 6) is 0.738. The second-order valence-corrected chi connectivity index (χ2v) is 6.55. The summed E-state index contributed by atoms with van der Waals surface area (Å²) in [5.41, 5.74) is 2.77. The number of nitrogens with zero attached hydrogens (tertiary/aromatic N) is 1. The molecule has 1 aliphatic heterocycles. The first-order chi connectivity index (χ1) is 14.2. The molecule has 0 atom stereocenters. The van der Waals surface area contributed by atoms with Crippen LogP contribution in [0.25, 0.3) is 0 Å². The van der Waals surface area contributed by atoms with Gasteiger partial charge in [-0.1, -0.05) is 12.1 Å². The van der Waals surface area contributed by atoms with Crippen LogP contribution in [-0.4, -0.2) is 30.6 Å². The third-order valence-corrected chi connectivity index (χ3v) is 4.45. The first-order valence-electron chi connectivity index (χ1n) is 9.33. The van der Waals surface area contributed by atoms with Gasteiger partial charge in [-0.05, 0) is 48.4 Å². The van der Waals surface area contributed by atoms with Crippen LogP contribution in [0.3, 0.4) is 0 Å². The number of carbonyl (C=O) groups excluding carboxylic acids is 1. The monoisotopic (exact) mass is 393 g/mol. The molecule has 7 heteroatoms. The van der Waals surface area contributed by atoms with Crippen molar-refractivity contribution < 1.29 is 18.7 Å². The summed E-state index contributed by atoms with van der Waals surface area (Å²) in [6.07, 6.45) is 2.37. The number of fused-ring (bicyclic) bond motifs is 1. The first-order valence-corrected chi connectivity index (χ1v) is 9.33. The summed E-state index contributed by atoms with van der Waals surface area (Å²) < 4.78 is 23.9. The topological polar surface area (TPSA) is 72.5 Å². The molecule has 0 fully saturated rings. The minimum atomic E-state index is -0.306. The Morgan fingerprint density at radius 1 is 0.966 bits per heavy atom. The molecule has 1 amide bonds. The van der Waals surface area contributed by atoms with Crippen LogP contribution >= 0.6 is 0 Å². The van der Waals surface area contributed by atoms with E-state index in [1.807, 2.05) is 0 Å². The van der Waals surface area contributed by atoms with Crippen LogP contribution in [0.1, 0.15) is 16.1 Å². The van der Waals surface area contributed by atoms with E-state index in [0.29, 0.717) is 42.6 Å². The standard InChI is InChI=1S/C22H20FN3O3/c23-16-3-1-15(2-4-16)9-10-24-18-5-7-19(25-14-18)22(27)26-17-6-8-20-21(13-17)29-12-11-28-20/h1-8,13-14,24H,9-12H2,(H,26,27). The lowest BCUT2D eigenvalue weighted by molar-refractivity contribution is 0.102. The molecule has 2 N–H and O–H groups in total. The van der Waals surface area contributed by atoms with Crippen molar-refractivity contribution in [2.45, 2.75) is 6.42 Å². The zero-order valence-electron chi connectivity index (χ0n) is 15.7. The third-order valence-electron chi connectivity index (χ3n) is 4.45. The van der Waals surface area contributed by atoms with Gasteiger partial charge in [0.1, 0.15) is 24.7 Å². The van der Waals surface area contributed by atoms with Crippen molar-refractivity contribution in [1.82, 2.24) is 4.98 Å². The van der Waals surface area contributed by atoms with Crippen LogP contribution in [0.15, 0.2) is 60.8 Å². The van der Waals surface area contributed by atoms with Crippen molar-refractivity contribution in [2.75, 3.05) is 30.4 Å². The number of ether oxygens (including phenoxy) is 2. The quantitative estimate of drug-likeness (QED) is 0.665. The van der Waals surface area contributed by atoms with Crippen LogP contribution in [-0.2, 0) is 6.42 Å². The van der Waals surface area contributed by atoms with Gasteiger partial charge >= 0.3 is 0 Å². The number of nitrogens with one attached hydrogen (secondary N) is 2. The van der Waals surface area contributed by atoms with Crippen molar-refractivity contribution in [1.29, 1.82) is 0 Å². The first kappa shape index (κ1) is 18.7. The van der Waals surface area contributed by atoms with E-state index in [9.17, 15) is 9.18 Å². The van der Waals surface area contributed by atoms with E-state index >= 15 is 0 Å². The number of aromatic nitrogens is 1. The van der Waals surface area contributed by atoms with Crippen molar-refractivity contribution >= 4 is 17.3 Å². The molecule has 0 saturated heterocycles. The lowest BCUT2D eigenvalue weighted by atomic mass is 10.1. The zero-order chi connectivity index (χ0) is 20.1. The summed E-state index contributed by atoms with van der Waals surface area (Å²) in [4.78, 5) is 16.6. The maximum atomic E-state index is 12.9. The number of hydrogen-bond acceptors (Lipinski definition) is 5. The molecule has 6 nitrogen and oxygen atoms in total. The molecular formula is C22H20FN3O3. The van der Waals surface area contributed by atoms with E-state index in [-0.39, 0.29) is 11.7 Å². The predicted octanol–water partition coefficient (Wildman–Crippen LogP) is 3.90. The summed E-state index contributed by atoms with van der Waals surface area (Å²) in [5, 5.41) is 6.05. The summed E-state index contributed by atoms with van der Waals surface area (Å²) in [6.45, 7) is 1.69. The maximum absolute atomic E-state index is 12.9. The molecule has 4 rings (SSSR count). The highest BCUT2D eigenvalue weighted by atomic mass is 19.1. The number of pyridine rings is 1. The van der Waals surface area contributed by atoms with E-state index in [2.05, 4.69) is 15.6 Å². The number of halogens is 1. The number of anilines is 2. The Morgan fingerprint density at radius 2 is 1.72 bits per heavy atom. The van der Waals surface area contributed by atoms with Crippen LogP contribution in [0.5, 0.6) is 11.5 Å². The normalized spacial score (nSPS) is 12.3. The minimum absolute atomic E-state index is 0.240. The molecule has 2 heterocycles. The number of hydrogen-bond donors (Lipinski definition) is 2. The van der Waals surface area contributed by atoms with Gasteiger partial charge in [0, 0.05) is 18.3 Å². The molecule has 148 valence electrons. The number of benzene rings is 2. The molecule has 1 aromatic heterocycles. The van der Waals surface area contributed by atoms with Gasteiger partial charge in [0.15, 0.2) is 11.5 Å². The van der Waals surface area contributed by atoms with E-state index in [0.717, 1.165) is 17.7 Å². The van der Waals surface area contributed by atoms with Crippen LogP contribution in [0, 0.1) is 5.82 Å². The molecular weight excluding hydrogens is 373 g/mol. The zero-order valence-corrected chi connectivity index (χ0v) is 15.7. The van der Waals surface area contributed by atoms with Gasteiger partial charge in [0.2, 0.25) is 0 Å². The molecule has 0 saturated carbocycles. The van der Waals surface area contributed by atoms with Crippen molar-refractivity contribution in [3.05, 3.63) is 77.9 Å². The second-order valence-electron chi connectivity index (χ2n) is 6.55. The lowest BCUT2D eigenvalue weighted by Crippen LogP contribution is -2.17. The molecule has 0 unspecified atom stereocenters. The summed E-state index contributed by atoms with van der Waals surface area (Å²) in [6, 6.07) is 15.2. The number of rotatable bonds is 6. The van der Waals surface area contributed by atoms with Crippen molar-refractivity contribution in [3.8, 4) is 11.5 Å². The van der Waals surface area contributed by atoms with E-state index in [1.54, 1.807) is 48.7 Å². The van der Waals surface area contributed by atoms with Crippen molar-refractivity contribution in [2.24, 2.45) is 0 Å². The fourth-order valence-corrected chi connectivity index (χ4v) is 2.95. The van der Waals surface area contributed by atoms with E-state index in [1.165, 1.54) is 12.1 Å². The SMILES string of the molecule is O=C(Nc1ccc2c(c1)OCCO2)c1ccc(NCCc2ccc(F)cc2)cn1. The molecule has 0 spiro atoms. The largest absolute Gasteiger partial charge is 0.486 e. The molecule has 0 radical (unpaired) electrons. The third kappa shape index (κ3) is 4.82. The molecule has 2 aromatic carbocycles. The highest BCUT2D eigenvalue weighted by Crippen LogP contribution is 2.32. The molecule has 0 bridgehead atoms. The highest BCUT2D eigenvalue weighted by Gasteiger charge is 2.14. The Bertz CT molecular complexity index is 991. The molecule has 3 aromatic rings. The van der Waals surface area contributed by atoms with Crippen LogP contribution in [0.2, 0.25) is 0 Å². The number of carbonyl (C=O) groups is 1. The van der Waals surface area contributed by atoms with Gasteiger partial charge < -0.3 is 20.1 Å². The Kier molecular flexibility index (Phi) is 5.56. The fourth-order valence-electron chi connectivity index (χ4n) is 2.95. The van der Waals surface area contributed by atoms with Gasteiger partial charge in [-0.25, -0.2) is 9.37 Å². The van der Waals surface area contributed by atoms with Crippen molar-refractivity contribution in [3.63, 3.8) is 0 Å². The Hall–Kier alpha value is -3.61. The average molecular weight is 393 g/mol. The Balaban J connectivity index is 1.31. The minimum Gasteiger partial charge on any atom is -0.486 e. The summed E-state index contributed by atoms with van der Waals surface area (Å²) >= 11 is 0. The molecule has 1 aliphatic rings. The van der Waals surface area contributed by atoms with Gasteiger partial charge in [0.05, 0.1) is 11.9 Å². The van der Waals surface area contributed by atoms with Gasteiger partial charge in [-0.3, -0.25) is 4.79 Å². The highest BCUT2D eigenvalue weighted by molar-refractivity contribution is 6.03. The van der Waals surface area contributed by atoms with Crippen LogP contribution in [0.4, 0.5) is 15.8 Å². The van der Waals surface area contributed by atoms with Gasteiger partial charge in [-0.2, -0.15) is 0 Å². The Labute approximate surface area is 167 Å². The van der Waals surface area contributed by atoms with Gasteiger partial charge in [-0.15, -0.1) is 0 Å². The number of amides is 1. The lowest BCUT2D eigenvalue weighted by Gasteiger charge is -2.19. The second kappa shape index (κ2) is 8.60. The molecule has 0 aliphatic carbocycles. The Morgan fingerprint density at radius 3 is 2.48 bits per heavy atom. The van der Waals surface area contributed by atoms with Crippen LogP contribution < -0.4 is 20.1 Å². The average Bonchev–Trinajstić information content (AvgIpc) is 2.75. The van der Waals surface area contributed by atoms with E-state index in [4.69, 9.17) is 9.47 Å². The fraction of sp³-hybridized carbons (Fsp3) is 0.182. The summed E-state index contributed by atoms with van der Waals surface area (Å²) in [7, 11) is 0. The smallest absolute Gasteiger partial charge is 0.274 e. The maximum Gasteiger partial charge on any atom is 0.274 e. The van der Waals surface area contributed by atoms with Gasteiger partial charge in [0.25, 0.3) is 5.91 Å². The predicted molar refractivity (Wildman–Crippen MR) is 108 cm³/mol. The van der Waals surface area contributed by atoms with E-state index < -0.39 is 0 Å².